The van der Waals surface area contributed by atoms with Gasteiger partial charge in [0.2, 0.25) is 11.8 Å². The van der Waals surface area contributed by atoms with Gasteiger partial charge in [-0.1, -0.05) is 6.07 Å². The molecule has 5 aromatic rings. The number of fused-ring (bicyclic) bond motifs is 3. The van der Waals surface area contributed by atoms with E-state index in [0.29, 0.717) is 67.5 Å². The van der Waals surface area contributed by atoms with Gasteiger partial charge in [0, 0.05) is 118 Å². The lowest BCUT2D eigenvalue weighted by Crippen LogP contribution is -2.50. The maximum atomic E-state index is 15.2. The number of aryl methyl sites for hydroxylation is 1. The first kappa shape index (κ1) is 42.0. The van der Waals surface area contributed by atoms with E-state index < -0.39 is 6.43 Å². The first-order valence-corrected chi connectivity index (χ1v) is 22.8. The molecule has 14 nitrogen and oxygen atoms in total. The molecule has 3 fully saturated rings. The SMILES string of the molecule is COc1cn2ccnc2cc1-c1cc2c(cc1C(F)F)N(c1nn(C3CCC(CN4CCN(c5cccc(N6CCC(=O)NC6=O)c5C)CC4)CC3)c3c1CN(C(C)=O)CC3)CCC2. The van der Waals surface area contributed by atoms with Gasteiger partial charge in [0.05, 0.1) is 31.6 Å². The molecule has 0 radical (unpaired) electrons. The number of anilines is 4. The highest BCUT2D eigenvalue weighted by Gasteiger charge is 2.36. The van der Waals surface area contributed by atoms with Gasteiger partial charge in [-0.25, -0.2) is 18.6 Å². The van der Waals surface area contributed by atoms with Crippen LogP contribution in [0, 0.1) is 12.8 Å². The Morgan fingerprint density at radius 2 is 1.70 bits per heavy atom. The molecule has 1 N–H and O–H groups in total. The van der Waals surface area contributed by atoms with Crippen LogP contribution in [0.2, 0.25) is 0 Å². The quantitative estimate of drug-likeness (QED) is 0.161. The Morgan fingerprint density at radius 3 is 2.45 bits per heavy atom. The number of aromatic nitrogens is 4. The van der Waals surface area contributed by atoms with Crippen LogP contribution in [0.5, 0.6) is 5.75 Å². The van der Waals surface area contributed by atoms with Crippen molar-refractivity contribution in [1.82, 2.24) is 34.3 Å². The topological polar surface area (TPSA) is 124 Å². The van der Waals surface area contributed by atoms with E-state index in [-0.39, 0.29) is 29.5 Å². The summed E-state index contributed by atoms with van der Waals surface area (Å²) in [4.78, 5) is 52.2. The number of hydrogen-bond acceptors (Lipinski definition) is 9. The van der Waals surface area contributed by atoms with Gasteiger partial charge in [-0.15, -0.1) is 0 Å². The van der Waals surface area contributed by atoms with E-state index in [2.05, 4.69) is 42.7 Å². The highest BCUT2D eigenvalue weighted by Crippen LogP contribution is 2.46. The third kappa shape index (κ3) is 7.72. The number of urea groups is 1. The number of pyridine rings is 1. The summed E-state index contributed by atoms with van der Waals surface area (Å²) in [5, 5.41) is 7.85. The molecule has 2 saturated heterocycles. The van der Waals surface area contributed by atoms with Crippen molar-refractivity contribution < 1.29 is 27.9 Å². The van der Waals surface area contributed by atoms with Crippen molar-refractivity contribution in [3.8, 4) is 16.9 Å². The molecule has 0 atom stereocenters. The summed E-state index contributed by atoms with van der Waals surface area (Å²) in [7, 11) is 1.55. The van der Waals surface area contributed by atoms with Crippen molar-refractivity contribution in [2.45, 2.75) is 84.2 Å². The number of halogens is 2. The maximum absolute atomic E-state index is 15.2. The number of rotatable bonds is 9. The second kappa shape index (κ2) is 17.2. The van der Waals surface area contributed by atoms with Gasteiger partial charge in [0.15, 0.2) is 5.82 Å². The molecule has 16 heteroatoms. The van der Waals surface area contributed by atoms with Crippen molar-refractivity contribution in [2.24, 2.45) is 5.92 Å². The van der Waals surface area contributed by atoms with E-state index in [4.69, 9.17) is 9.84 Å². The van der Waals surface area contributed by atoms with Gasteiger partial charge in [-0.2, -0.15) is 5.10 Å². The number of benzene rings is 2. The van der Waals surface area contributed by atoms with E-state index in [1.54, 1.807) is 43.6 Å². The molecular formula is C48H56F2N10O4. The number of imidazole rings is 1. The fourth-order valence-electron chi connectivity index (χ4n) is 11.0. The minimum atomic E-state index is -2.73. The van der Waals surface area contributed by atoms with Crippen molar-refractivity contribution >= 4 is 46.4 Å². The van der Waals surface area contributed by atoms with Crippen LogP contribution in [0.4, 0.5) is 36.5 Å². The Labute approximate surface area is 371 Å². The van der Waals surface area contributed by atoms with Crippen LogP contribution in [0.3, 0.4) is 0 Å². The summed E-state index contributed by atoms with van der Waals surface area (Å²) in [6.45, 7) is 10.6. The molecule has 1 saturated carbocycles. The number of nitrogens with zero attached hydrogens (tertiary/aromatic N) is 9. The van der Waals surface area contributed by atoms with Crippen molar-refractivity contribution in [1.29, 1.82) is 0 Å². The van der Waals surface area contributed by atoms with Crippen molar-refractivity contribution in [2.75, 3.05) is 74.2 Å². The molecule has 1 aliphatic carbocycles. The van der Waals surface area contributed by atoms with Crippen LogP contribution in [0.1, 0.15) is 85.9 Å². The number of carbonyl (C=O) groups excluding carboxylic acids is 3. The zero-order chi connectivity index (χ0) is 44.2. The highest BCUT2D eigenvalue weighted by atomic mass is 19.3. The largest absolute Gasteiger partial charge is 0.495 e. The van der Waals surface area contributed by atoms with Crippen LogP contribution in [-0.2, 0) is 29.0 Å². The Hall–Kier alpha value is -6.03. The molecule has 0 spiro atoms. The van der Waals surface area contributed by atoms with E-state index in [1.165, 1.54) is 0 Å². The number of methoxy groups -OCH3 is 1. The minimum absolute atomic E-state index is 0.0200. The Kier molecular flexibility index (Phi) is 11.3. The monoisotopic (exact) mass is 874 g/mol. The number of piperazine rings is 1. The van der Waals surface area contributed by atoms with Crippen LogP contribution in [0.25, 0.3) is 16.8 Å². The molecule has 5 aliphatic rings. The standard InChI is InChI=1S/C48H56F2N10O4/c1-30-39(7-4-8-40(30)59-18-14-45(62)52-48(59)63)55-22-20-54(21-23-55)27-32-9-11-34(12-10-32)60-41-13-17-56(31(2)61)28-38(41)47(53-60)58-16-5-6-33-24-35(37(46(49)50)25-42(33)58)36-26-44-51-15-19-57(44)29-43(36)64-3/h4,7-8,15,19,24-26,29,32,34,46H,5-6,9-14,16-18,20-23,27-28H2,1-3H3,(H,52,62,63). The Morgan fingerprint density at radius 1 is 0.906 bits per heavy atom. The number of amides is 4. The van der Waals surface area contributed by atoms with E-state index in [0.717, 1.165) is 117 Å². The highest BCUT2D eigenvalue weighted by molar-refractivity contribution is 6.06. The van der Waals surface area contributed by atoms with E-state index >= 15 is 8.78 Å². The molecule has 4 amide bonds. The fourth-order valence-corrected chi connectivity index (χ4v) is 11.0. The predicted molar refractivity (Wildman–Crippen MR) is 241 cm³/mol. The van der Waals surface area contributed by atoms with Gasteiger partial charge in [0.25, 0.3) is 6.43 Å². The summed E-state index contributed by atoms with van der Waals surface area (Å²) in [5.41, 5.74) is 8.55. The minimum Gasteiger partial charge on any atom is -0.495 e. The Balaban J connectivity index is 0.852. The van der Waals surface area contributed by atoms with Crippen molar-refractivity contribution in [3.05, 3.63) is 82.9 Å². The molecule has 336 valence electrons. The summed E-state index contributed by atoms with van der Waals surface area (Å²) in [5.74, 6) is 1.64. The first-order chi connectivity index (χ1) is 31.0. The molecular weight excluding hydrogens is 819 g/mol. The molecule has 64 heavy (non-hydrogen) atoms. The molecule has 10 rings (SSSR count). The number of hydrogen-bond donors (Lipinski definition) is 1. The lowest BCUT2D eigenvalue weighted by atomic mass is 9.85. The summed E-state index contributed by atoms with van der Waals surface area (Å²) < 4.78 is 40.1. The van der Waals surface area contributed by atoms with Gasteiger partial charge in [-0.05, 0) is 98.4 Å². The van der Waals surface area contributed by atoms with E-state index in [1.807, 2.05) is 33.6 Å². The predicted octanol–water partition coefficient (Wildman–Crippen LogP) is 7.44. The zero-order valence-corrected chi connectivity index (χ0v) is 36.9. The van der Waals surface area contributed by atoms with Crippen LogP contribution >= 0.6 is 0 Å². The second-order valence-electron chi connectivity index (χ2n) is 18.1. The number of nitrogens with one attached hydrogen (secondary N) is 1. The van der Waals surface area contributed by atoms with Crippen LogP contribution in [-0.4, -0.2) is 106 Å². The maximum Gasteiger partial charge on any atom is 0.328 e. The first-order valence-electron chi connectivity index (χ1n) is 22.8. The van der Waals surface area contributed by atoms with Gasteiger partial charge >= 0.3 is 6.03 Å². The van der Waals surface area contributed by atoms with Gasteiger partial charge in [-0.3, -0.25) is 29.4 Å². The number of carbonyl (C=O) groups is 3. The smallest absolute Gasteiger partial charge is 0.328 e. The molecule has 0 bridgehead atoms. The second-order valence-corrected chi connectivity index (χ2v) is 18.1. The van der Waals surface area contributed by atoms with Gasteiger partial charge in [0.1, 0.15) is 11.4 Å². The normalized spacial score (nSPS) is 20.8. The average molecular weight is 875 g/mol. The van der Waals surface area contributed by atoms with Crippen LogP contribution in [0.15, 0.2) is 55.0 Å². The molecule has 0 unspecified atom stereocenters. The number of alkyl halides is 2. The average Bonchev–Trinajstić information content (AvgIpc) is 3.93. The summed E-state index contributed by atoms with van der Waals surface area (Å²) in [6, 6.07) is 11.3. The fraction of sp³-hybridized carbons (Fsp3) is 0.479. The third-order valence-electron chi connectivity index (χ3n) is 14.4. The third-order valence-corrected chi connectivity index (χ3v) is 14.4. The zero-order valence-electron chi connectivity index (χ0n) is 36.9. The summed E-state index contributed by atoms with van der Waals surface area (Å²) >= 11 is 0. The molecule has 2 aromatic carbocycles. The molecule has 3 aromatic heterocycles. The number of ether oxygens (including phenoxy) is 1. The van der Waals surface area contributed by atoms with Crippen LogP contribution < -0.4 is 24.8 Å². The Bertz CT molecular complexity index is 2610. The lowest BCUT2D eigenvalue weighted by molar-refractivity contribution is -0.129. The molecule has 4 aliphatic heterocycles. The molecule has 7 heterocycles. The van der Waals surface area contributed by atoms with E-state index in [9.17, 15) is 14.4 Å². The van der Waals surface area contributed by atoms with Crippen molar-refractivity contribution in [3.63, 3.8) is 0 Å². The number of imide groups is 1. The summed E-state index contributed by atoms with van der Waals surface area (Å²) in [6.07, 6.45) is 9.32. The lowest BCUT2D eigenvalue weighted by Gasteiger charge is -2.40. The van der Waals surface area contributed by atoms with Gasteiger partial charge < -0.3 is 23.8 Å².